The van der Waals surface area contributed by atoms with Crippen molar-refractivity contribution in [3.05, 3.63) is 17.5 Å². The predicted molar refractivity (Wildman–Crippen MR) is 46.1 cm³/mol. The maximum atomic E-state index is 5.23. The van der Waals surface area contributed by atoms with Gasteiger partial charge in [-0.1, -0.05) is 5.16 Å². The van der Waals surface area contributed by atoms with Gasteiger partial charge < -0.3 is 9.84 Å². The first-order valence-corrected chi connectivity index (χ1v) is 4.50. The van der Waals surface area contributed by atoms with E-state index < -0.39 is 0 Å². The van der Waals surface area contributed by atoms with Crippen LogP contribution >= 0.6 is 0 Å². The molecule has 1 unspecified atom stereocenters. The van der Waals surface area contributed by atoms with E-state index in [1.807, 2.05) is 13.2 Å². The number of aromatic nitrogens is 1. The molecular weight excluding hydrogens is 152 g/mol. The van der Waals surface area contributed by atoms with E-state index in [0.717, 1.165) is 18.7 Å². The fourth-order valence-corrected chi connectivity index (χ4v) is 1.90. The average molecular weight is 166 g/mol. The van der Waals surface area contributed by atoms with Crippen molar-refractivity contribution in [2.75, 3.05) is 13.6 Å². The Morgan fingerprint density at radius 3 is 3.50 bits per heavy atom. The van der Waals surface area contributed by atoms with Crippen molar-refractivity contribution in [3.63, 3.8) is 0 Å². The number of likely N-dealkylation sites (N-methyl/N-ethyl adjacent to an activating group) is 1. The molecule has 1 heterocycles. The normalized spacial score (nSPS) is 22.2. The van der Waals surface area contributed by atoms with Gasteiger partial charge in [-0.25, -0.2) is 0 Å². The summed E-state index contributed by atoms with van der Waals surface area (Å²) in [6, 6.07) is 0. The molecule has 3 nitrogen and oxygen atoms in total. The summed E-state index contributed by atoms with van der Waals surface area (Å²) in [7, 11) is 1.98. The van der Waals surface area contributed by atoms with Gasteiger partial charge in [0.2, 0.25) is 0 Å². The Morgan fingerprint density at radius 2 is 2.67 bits per heavy atom. The van der Waals surface area contributed by atoms with E-state index in [-0.39, 0.29) is 0 Å². The van der Waals surface area contributed by atoms with E-state index in [1.165, 1.54) is 18.4 Å². The van der Waals surface area contributed by atoms with Crippen LogP contribution in [0.4, 0.5) is 0 Å². The molecule has 1 aromatic heterocycles. The fourth-order valence-electron chi connectivity index (χ4n) is 1.90. The van der Waals surface area contributed by atoms with Crippen LogP contribution in [-0.2, 0) is 6.42 Å². The van der Waals surface area contributed by atoms with Crippen LogP contribution in [0.2, 0.25) is 0 Å². The molecule has 0 saturated heterocycles. The number of fused-ring (bicyclic) bond motifs is 1. The maximum absolute atomic E-state index is 5.23. The SMILES string of the molecule is CNCC1CCCc2cnoc21. The minimum absolute atomic E-state index is 0.543. The molecule has 0 saturated carbocycles. The molecule has 2 rings (SSSR count). The molecule has 0 fully saturated rings. The molecule has 1 N–H and O–H groups in total. The molecule has 3 heteroatoms. The minimum Gasteiger partial charge on any atom is -0.361 e. The third-order valence-corrected chi connectivity index (χ3v) is 2.50. The number of rotatable bonds is 2. The Morgan fingerprint density at radius 1 is 1.75 bits per heavy atom. The number of nitrogens with one attached hydrogen (secondary N) is 1. The summed E-state index contributed by atoms with van der Waals surface area (Å²) < 4.78 is 5.23. The Hall–Kier alpha value is -0.830. The van der Waals surface area contributed by atoms with Crippen molar-refractivity contribution in [3.8, 4) is 0 Å². The van der Waals surface area contributed by atoms with Crippen molar-refractivity contribution in [2.45, 2.75) is 25.2 Å². The van der Waals surface area contributed by atoms with Crippen LogP contribution in [-0.4, -0.2) is 18.7 Å². The standard InChI is InChI=1S/C9H14N2O/c1-10-5-7-3-2-4-8-6-11-12-9(7)8/h6-7,10H,2-5H2,1H3. The molecule has 1 aliphatic carbocycles. The molecule has 0 aromatic carbocycles. The largest absolute Gasteiger partial charge is 0.361 e. The van der Waals surface area contributed by atoms with Crippen molar-refractivity contribution in [1.29, 1.82) is 0 Å². The van der Waals surface area contributed by atoms with Crippen molar-refractivity contribution in [2.24, 2.45) is 0 Å². The van der Waals surface area contributed by atoms with Crippen LogP contribution in [0.15, 0.2) is 10.7 Å². The fraction of sp³-hybridized carbons (Fsp3) is 0.667. The Balaban J connectivity index is 2.19. The number of hydrogen-bond donors (Lipinski definition) is 1. The molecule has 0 spiro atoms. The highest BCUT2D eigenvalue weighted by molar-refractivity contribution is 5.20. The Kier molecular flexibility index (Phi) is 2.13. The molecule has 0 radical (unpaired) electrons. The van der Waals surface area contributed by atoms with E-state index in [0.29, 0.717) is 5.92 Å². The topological polar surface area (TPSA) is 38.1 Å². The van der Waals surface area contributed by atoms with Gasteiger partial charge in [0.25, 0.3) is 0 Å². The highest BCUT2D eigenvalue weighted by Gasteiger charge is 2.23. The van der Waals surface area contributed by atoms with Gasteiger partial charge in [-0.3, -0.25) is 0 Å². The van der Waals surface area contributed by atoms with E-state index in [2.05, 4.69) is 10.5 Å². The summed E-state index contributed by atoms with van der Waals surface area (Å²) in [5, 5.41) is 7.01. The highest BCUT2D eigenvalue weighted by Crippen LogP contribution is 2.30. The van der Waals surface area contributed by atoms with E-state index in [1.54, 1.807) is 0 Å². The van der Waals surface area contributed by atoms with Crippen LogP contribution in [0.5, 0.6) is 0 Å². The van der Waals surface area contributed by atoms with Crippen LogP contribution < -0.4 is 5.32 Å². The van der Waals surface area contributed by atoms with Gasteiger partial charge in [-0.05, 0) is 26.3 Å². The predicted octanol–water partition coefficient (Wildman–Crippen LogP) is 1.31. The van der Waals surface area contributed by atoms with Gasteiger partial charge in [-0.2, -0.15) is 0 Å². The second-order valence-corrected chi connectivity index (χ2v) is 3.36. The zero-order valence-corrected chi connectivity index (χ0v) is 7.34. The highest BCUT2D eigenvalue weighted by atomic mass is 16.5. The zero-order valence-electron chi connectivity index (χ0n) is 7.34. The lowest BCUT2D eigenvalue weighted by Crippen LogP contribution is -2.20. The first-order chi connectivity index (χ1) is 5.92. The molecule has 66 valence electrons. The summed E-state index contributed by atoms with van der Waals surface area (Å²) >= 11 is 0. The third-order valence-electron chi connectivity index (χ3n) is 2.50. The van der Waals surface area contributed by atoms with Crippen LogP contribution in [0, 0.1) is 0 Å². The summed E-state index contributed by atoms with van der Waals surface area (Å²) in [6.45, 7) is 1.00. The Labute approximate surface area is 72.1 Å². The quantitative estimate of drug-likeness (QED) is 0.720. The second-order valence-electron chi connectivity index (χ2n) is 3.36. The van der Waals surface area contributed by atoms with Gasteiger partial charge in [0.15, 0.2) is 0 Å². The van der Waals surface area contributed by atoms with Crippen LogP contribution in [0.1, 0.15) is 30.1 Å². The van der Waals surface area contributed by atoms with Gasteiger partial charge in [-0.15, -0.1) is 0 Å². The molecule has 1 aromatic rings. The third kappa shape index (κ3) is 1.25. The lowest BCUT2D eigenvalue weighted by Gasteiger charge is -2.18. The summed E-state index contributed by atoms with van der Waals surface area (Å²) in [6.07, 6.45) is 5.49. The molecule has 0 amide bonds. The smallest absolute Gasteiger partial charge is 0.144 e. The van der Waals surface area contributed by atoms with Crippen molar-refractivity contribution < 1.29 is 4.52 Å². The van der Waals surface area contributed by atoms with Gasteiger partial charge in [0.05, 0.1) is 6.20 Å². The molecule has 12 heavy (non-hydrogen) atoms. The monoisotopic (exact) mass is 166 g/mol. The summed E-state index contributed by atoms with van der Waals surface area (Å²) in [5.74, 6) is 1.65. The van der Waals surface area contributed by atoms with Crippen LogP contribution in [0.25, 0.3) is 0 Å². The van der Waals surface area contributed by atoms with E-state index in [4.69, 9.17) is 4.52 Å². The molecule has 1 atom stereocenters. The van der Waals surface area contributed by atoms with E-state index in [9.17, 15) is 0 Å². The molecule has 0 aliphatic heterocycles. The number of hydrogen-bond acceptors (Lipinski definition) is 3. The Bertz CT molecular complexity index is 257. The van der Waals surface area contributed by atoms with Gasteiger partial charge >= 0.3 is 0 Å². The summed E-state index contributed by atoms with van der Waals surface area (Å²) in [5.41, 5.74) is 1.31. The van der Waals surface area contributed by atoms with E-state index >= 15 is 0 Å². The average Bonchev–Trinajstić information content (AvgIpc) is 2.53. The zero-order chi connectivity index (χ0) is 8.39. The molecular formula is C9H14N2O. The number of nitrogens with zero attached hydrogens (tertiary/aromatic N) is 1. The van der Waals surface area contributed by atoms with Crippen LogP contribution in [0.3, 0.4) is 0 Å². The van der Waals surface area contributed by atoms with Gasteiger partial charge in [0, 0.05) is 18.0 Å². The first kappa shape index (κ1) is 7.80. The van der Waals surface area contributed by atoms with Gasteiger partial charge in [0.1, 0.15) is 5.76 Å². The summed E-state index contributed by atoms with van der Waals surface area (Å²) in [4.78, 5) is 0. The lowest BCUT2D eigenvalue weighted by atomic mass is 9.89. The molecule has 1 aliphatic rings. The first-order valence-electron chi connectivity index (χ1n) is 4.50. The van der Waals surface area contributed by atoms with Crippen molar-refractivity contribution >= 4 is 0 Å². The lowest BCUT2D eigenvalue weighted by molar-refractivity contribution is 0.337. The maximum Gasteiger partial charge on any atom is 0.144 e. The number of aryl methyl sites for hydroxylation is 1. The van der Waals surface area contributed by atoms with Crippen molar-refractivity contribution in [1.82, 2.24) is 10.5 Å². The minimum atomic E-state index is 0.543. The molecule has 0 bridgehead atoms. The second kappa shape index (κ2) is 3.27.